The third kappa shape index (κ3) is 2.70. The smallest absolute Gasteiger partial charge is 0.0795 e. The van der Waals surface area contributed by atoms with Crippen LogP contribution in [0.4, 0.5) is 5.69 Å². The number of nitrogens with zero attached hydrogens (tertiary/aromatic N) is 2. The summed E-state index contributed by atoms with van der Waals surface area (Å²) in [5.41, 5.74) is 6.23. The van der Waals surface area contributed by atoms with Gasteiger partial charge in [0.05, 0.1) is 17.9 Å². The van der Waals surface area contributed by atoms with Gasteiger partial charge in [-0.3, -0.25) is 10.3 Å². The summed E-state index contributed by atoms with van der Waals surface area (Å²) in [6, 6.07) is 6.87. The Hall–Kier alpha value is -1.61. The molecule has 22 heavy (non-hydrogen) atoms. The summed E-state index contributed by atoms with van der Waals surface area (Å²) in [5.74, 6) is 0. The third-order valence-corrected chi connectivity index (χ3v) is 4.71. The Kier molecular flexibility index (Phi) is 4.34. The highest BCUT2D eigenvalue weighted by atomic mass is 15.3. The van der Waals surface area contributed by atoms with Gasteiger partial charge in [0.15, 0.2) is 0 Å². The molecule has 0 fully saturated rings. The minimum Gasteiger partial charge on any atom is -0.362 e. The van der Waals surface area contributed by atoms with E-state index in [1.54, 1.807) is 0 Å². The van der Waals surface area contributed by atoms with E-state index in [9.17, 15) is 0 Å². The number of nitrogens with one attached hydrogen (secondary N) is 1. The highest BCUT2D eigenvalue weighted by molar-refractivity contribution is 6.05. The number of hydrogen-bond donors (Lipinski definition) is 1. The van der Waals surface area contributed by atoms with Crippen molar-refractivity contribution in [3.63, 3.8) is 0 Å². The molecule has 2 aliphatic rings. The maximum atomic E-state index is 4.84. The van der Waals surface area contributed by atoms with Gasteiger partial charge in [0.25, 0.3) is 0 Å². The van der Waals surface area contributed by atoms with E-state index in [0.717, 1.165) is 18.7 Å². The van der Waals surface area contributed by atoms with Crippen LogP contribution in [0.2, 0.25) is 0 Å². The lowest BCUT2D eigenvalue weighted by Gasteiger charge is -2.42. The molecule has 0 saturated heterocycles. The summed E-state index contributed by atoms with van der Waals surface area (Å²) in [7, 11) is 0. The van der Waals surface area contributed by atoms with E-state index in [1.807, 2.05) is 0 Å². The van der Waals surface area contributed by atoms with Crippen LogP contribution in [0.5, 0.6) is 0 Å². The zero-order valence-electron chi connectivity index (χ0n) is 14.2. The van der Waals surface area contributed by atoms with Crippen molar-refractivity contribution in [3.05, 3.63) is 35.5 Å². The highest BCUT2D eigenvalue weighted by Gasteiger charge is 2.32. The number of benzene rings is 1. The molecule has 0 aromatic heterocycles. The van der Waals surface area contributed by atoms with E-state index in [2.05, 4.69) is 62.3 Å². The van der Waals surface area contributed by atoms with Gasteiger partial charge in [-0.05, 0) is 38.3 Å². The molecule has 0 radical (unpaired) electrons. The van der Waals surface area contributed by atoms with Gasteiger partial charge >= 0.3 is 0 Å². The van der Waals surface area contributed by atoms with Crippen molar-refractivity contribution in [1.82, 2.24) is 10.2 Å². The van der Waals surface area contributed by atoms with Crippen LogP contribution in [0.15, 0.2) is 29.4 Å². The first-order chi connectivity index (χ1) is 10.6. The number of hydrogen-bond acceptors (Lipinski definition) is 3. The summed E-state index contributed by atoms with van der Waals surface area (Å²) < 4.78 is 0. The molecule has 3 heteroatoms. The quantitative estimate of drug-likeness (QED) is 0.899. The van der Waals surface area contributed by atoms with Gasteiger partial charge in [0.1, 0.15) is 0 Å². The van der Waals surface area contributed by atoms with Crippen LogP contribution in [-0.4, -0.2) is 29.4 Å². The second kappa shape index (κ2) is 6.25. The molecule has 2 heterocycles. The number of unbranched alkanes of at least 4 members (excludes halogenated alkanes) is 1. The number of aryl methyl sites for hydroxylation is 1. The second-order valence-corrected chi connectivity index (χ2v) is 6.47. The summed E-state index contributed by atoms with van der Waals surface area (Å²) >= 11 is 0. The number of aliphatic imine (C=N–C) groups is 1. The van der Waals surface area contributed by atoms with Crippen LogP contribution in [0.25, 0.3) is 5.57 Å². The van der Waals surface area contributed by atoms with Crippen molar-refractivity contribution < 1.29 is 0 Å². The normalized spacial score (nSPS) is 23.5. The summed E-state index contributed by atoms with van der Waals surface area (Å²) in [5, 5.41) is 3.80. The maximum absolute atomic E-state index is 4.84. The van der Waals surface area contributed by atoms with E-state index in [4.69, 9.17) is 4.99 Å². The van der Waals surface area contributed by atoms with Crippen LogP contribution >= 0.6 is 0 Å². The average molecular weight is 297 g/mol. The van der Waals surface area contributed by atoms with Crippen molar-refractivity contribution >= 4 is 17.0 Å². The highest BCUT2D eigenvalue weighted by Crippen LogP contribution is 2.37. The van der Waals surface area contributed by atoms with E-state index in [-0.39, 0.29) is 6.04 Å². The zero-order chi connectivity index (χ0) is 15.7. The SMILES string of the molecule is CCCCN1C=C2c3ccc(C)cc3N=C(C)C2NC1CC. The van der Waals surface area contributed by atoms with Crippen molar-refractivity contribution in [1.29, 1.82) is 0 Å². The minimum atomic E-state index is 0.262. The Morgan fingerprint density at radius 1 is 1.23 bits per heavy atom. The van der Waals surface area contributed by atoms with Gasteiger partial charge in [-0.15, -0.1) is 0 Å². The van der Waals surface area contributed by atoms with Gasteiger partial charge < -0.3 is 4.90 Å². The fourth-order valence-corrected chi connectivity index (χ4v) is 3.44. The molecular formula is C19H27N3. The van der Waals surface area contributed by atoms with Crippen LogP contribution in [0.1, 0.15) is 51.2 Å². The van der Waals surface area contributed by atoms with Gasteiger partial charge in [0.2, 0.25) is 0 Å². The Bertz CT molecular complexity index is 615. The molecule has 0 saturated carbocycles. The zero-order valence-corrected chi connectivity index (χ0v) is 14.2. The lowest BCUT2D eigenvalue weighted by atomic mass is 9.89. The number of rotatable bonds is 4. The van der Waals surface area contributed by atoms with Gasteiger partial charge in [-0.2, -0.15) is 0 Å². The summed E-state index contributed by atoms with van der Waals surface area (Å²) in [6.45, 7) is 9.90. The Labute approximate surface area is 134 Å². The summed E-state index contributed by atoms with van der Waals surface area (Å²) in [6.07, 6.45) is 6.38. The average Bonchev–Trinajstić information content (AvgIpc) is 2.52. The molecule has 2 atom stereocenters. The van der Waals surface area contributed by atoms with Gasteiger partial charge in [-0.1, -0.05) is 32.4 Å². The third-order valence-electron chi connectivity index (χ3n) is 4.71. The van der Waals surface area contributed by atoms with E-state index < -0.39 is 0 Å². The predicted molar refractivity (Wildman–Crippen MR) is 94.5 cm³/mol. The summed E-state index contributed by atoms with van der Waals surface area (Å²) in [4.78, 5) is 7.33. The molecule has 1 N–H and O–H groups in total. The molecule has 0 amide bonds. The lowest BCUT2D eigenvalue weighted by Crippen LogP contribution is -2.54. The molecule has 1 aromatic carbocycles. The van der Waals surface area contributed by atoms with Crippen LogP contribution in [0, 0.1) is 6.92 Å². The standard InChI is InChI=1S/C19H27N3/c1-5-7-10-22-12-16-15-9-8-13(3)11-17(15)20-14(4)19(16)21-18(22)6-2/h8-9,11-12,18-19,21H,5-7,10H2,1-4H3. The molecule has 2 aliphatic heterocycles. The Morgan fingerprint density at radius 3 is 2.77 bits per heavy atom. The predicted octanol–water partition coefficient (Wildman–Crippen LogP) is 4.25. The molecule has 0 spiro atoms. The van der Waals surface area contributed by atoms with Crippen LogP contribution in [0.3, 0.4) is 0 Å². The molecule has 1 aromatic rings. The number of fused-ring (bicyclic) bond motifs is 3. The van der Waals surface area contributed by atoms with Crippen molar-refractivity contribution in [2.24, 2.45) is 4.99 Å². The van der Waals surface area contributed by atoms with Gasteiger partial charge in [-0.25, -0.2) is 0 Å². The monoisotopic (exact) mass is 297 g/mol. The first-order valence-electron chi connectivity index (χ1n) is 8.53. The van der Waals surface area contributed by atoms with Crippen LogP contribution in [-0.2, 0) is 0 Å². The molecule has 3 nitrogen and oxygen atoms in total. The van der Waals surface area contributed by atoms with E-state index >= 15 is 0 Å². The molecule has 0 bridgehead atoms. The van der Waals surface area contributed by atoms with Gasteiger partial charge in [0, 0.05) is 29.6 Å². The fourth-order valence-electron chi connectivity index (χ4n) is 3.44. The van der Waals surface area contributed by atoms with Crippen molar-refractivity contribution in [2.45, 2.75) is 59.2 Å². The minimum absolute atomic E-state index is 0.262. The maximum Gasteiger partial charge on any atom is 0.0795 e. The van der Waals surface area contributed by atoms with E-state index in [1.165, 1.54) is 35.3 Å². The topological polar surface area (TPSA) is 27.6 Å². The molecular weight excluding hydrogens is 270 g/mol. The second-order valence-electron chi connectivity index (χ2n) is 6.47. The Balaban J connectivity index is 2.02. The first-order valence-corrected chi connectivity index (χ1v) is 8.53. The van der Waals surface area contributed by atoms with Crippen molar-refractivity contribution in [2.75, 3.05) is 6.54 Å². The molecule has 3 rings (SSSR count). The molecule has 0 aliphatic carbocycles. The Morgan fingerprint density at radius 2 is 2.05 bits per heavy atom. The fraction of sp³-hybridized carbons (Fsp3) is 0.526. The van der Waals surface area contributed by atoms with Crippen molar-refractivity contribution in [3.8, 4) is 0 Å². The molecule has 118 valence electrons. The first kappa shape index (κ1) is 15.3. The lowest BCUT2D eigenvalue weighted by molar-refractivity contribution is 0.212. The van der Waals surface area contributed by atoms with Crippen LogP contribution < -0.4 is 5.32 Å². The molecule has 2 unspecified atom stereocenters. The van der Waals surface area contributed by atoms with E-state index in [0.29, 0.717) is 6.17 Å². The largest absolute Gasteiger partial charge is 0.362 e.